The summed E-state index contributed by atoms with van der Waals surface area (Å²) < 4.78 is 1.91. The van der Waals surface area contributed by atoms with Gasteiger partial charge in [0, 0.05) is 10.2 Å². The maximum absolute atomic E-state index is 5.54. The fourth-order valence-electron chi connectivity index (χ4n) is 0.520. The topological polar surface area (TPSA) is 26.0 Å². The Bertz CT molecular complexity index is 207. The van der Waals surface area contributed by atoms with Crippen LogP contribution < -0.4 is 5.73 Å². The van der Waals surface area contributed by atoms with Crippen molar-refractivity contribution in [1.29, 1.82) is 0 Å². The Labute approximate surface area is 82.7 Å². The molecule has 0 aromatic heterocycles. The second-order valence-electron chi connectivity index (χ2n) is 1.64. The molecule has 2 N–H and O–H groups in total. The van der Waals surface area contributed by atoms with Gasteiger partial charge in [-0.05, 0) is 44.0 Å². The van der Waals surface area contributed by atoms with E-state index in [2.05, 4.69) is 31.9 Å². The van der Waals surface area contributed by atoms with Gasteiger partial charge >= 0.3 is 0 Å². The van der Waals surface area contributed by atoms with E-state index in [9.17, 15) is 0 Å². The summed E-state index contributed by atoms with van der Waals surface area (Å²) in [6, 6.07) is 5.67. The van der Waals surface area contributed by atoms with Crippen molar-refractivity contribution in [3.05, 3.63) is 27.1 Å². The van der Waals surface area contributed by atoms with Gasteiger partial charge < -0.3 is 5.73 Å². The van der Waals surface area contributed by atoms with E-state index in [0.717, 1.165) is 14.6 Å². The van der Waals surface area contributed by atoms with Gasteiger partial charge in [-0.15, -0.1) is 12.4 Å². The Morgan fingerprint density at radius 3 is 2.20 bits per heavy atom. The molecular formula is C6H6Br2ClN. The van der Waals surface area contributed by atoms with E-state index in [4.69, 9.17) is 5.73 Å². The first kappa shape index (κ1) is 10.3. The minimum atomic E-state index is 0. The van der Waals surface area contributed by atoms with E-state index in [0.29, 0.717) is 0 Å². The van der Waals surface area contributed by atoms with Crippen LogP contribution >= 0.6 is 44.3 Å². The van der Waals surface area contributed by atoms with Crippen LogP contribution in [0, 0.1) is 0 Å². The summed E-state index contributed by atoms with van der Waals surface area (Å²) in [5.74, 6) is 0. The zero-order chi connectivity index (χ0) is 6.85. The molecule has 1 nitrogen and oxygen atoms in total. The second kappa shape index (κ2) is 4.21. The molecule has 56 valence electrons. The highest BCUT2D eigenvalue weighted by atomic mass is 79.9. The Kier molecular flexibility index (Phi) is 4.32. The Hall–Kier alpha value is 0.270. The molecule has 0 saturated heterocycles. The zero-order valence-electron chi connectivity index (χ0n) is 4.97. The Morgan fingerprint density at radius 1 is 1.20 bits per heavy atom. The molecule has 0 heterocycles. The molecule has 0 aliphatic heterocycles. The molecule has 0 radical (unpaired) electrons. The van der Waals surface area contributed by atoms with E-state index in [-0.39, 0.29) is 12.4 Å². The third kappa shape index (κ3) is 2.15. The highest BCUT2D eigenvalue weighted by Crippen LogP contribution is 2.27. The number of nitrogen functional groups attached to an aromatic ring is 1. The van der Waals surface area contributed by atoms with Crippen LogP contribution in [0.15, 0.2) is 27.1 Å². The normalized spacial score (nSPS) is 8.60. The van der Waals surface area contributed by atoms with Crippen LogP contribution in [-0.2, 0) is 0 Å². The molecule has 10 heavy (non-hydrogen) atoms. The molecule has 1 rings (SSSR count). The molecule has 0 atom stereocenters. The van der Waals surface area contributed by atoms with Crippen LogP contribution in [0.4, 0.5) is 5.69 Å². The van der Waals surface area contributed by atoms with E-state index in [1.54, 1.807) is 0 Å². The average Bonchev–Trinajstić information content (AvgIpc) is 1.83. The SMILES string of the molecule is Cl.Nc1cccc(Br)c1Br. The minimum Gasteiger partial charge on any atom is -0.398 e. The summed E-state index contributed by atoms with van der Waals surface area (Å²) >= 11 is 6.63. The number of rotatable bonds is 0. The lowest BCUT2D eigenvalue weighted by Gasteiger charge is -1.97. The van der Waals surface area contributed by atoms with Crippen molar-refractivity contribution in [2.75, 3.05) is 5.73 Å². The average molecular weight is 287 g/mol. The number of halogens is 3. The van der Waals surface area contributed by atoms with E-state index in [1.807, 2.05) is 18.2 Å². The summed E-state index contributed by atoms with van der Waals surface area (Å²) in [4.78, 5) is 0. The Balaban J connectivity index is 0.000000810. The molecule has 0 spiro atoms. The van der Waals surface area contributed by atoms with Gasteiger partial charge in [0.1, 0.15) is 0 Å². The lowest BCUT2D eigenvalue weighted by Crippen LogP contribution is -1.84. The maximum atomic E-state index is 5.54. The highest BCUT2D eigenvalue weighted by molar-refractivity contribution is 9.13. The predicted octanol–water partition coefficient (Wildman–Crippen LogP) is 3.22. The summed E-state index contributed by atoms with van der Waals surface area (Å²) in [6.07, 6.45) is 0. The van der Waals surface area contributed by atoms with Crippen LogP contribution in [0.25, 0.3) is 0 Å². The fraction of sp³-hybridized carbons (Fsp3) is 0. The van der Waals surface area contributed by atoms with Crippen LogP contribution in [0.5, 0.6) is 0 Å². The number of benzene rings is 1. The summed E-state index contributed by atoms with van der Waals surface area (Å²) in [5.41, 5.74) is 6.30. The number of hydrogen-bond acceptors (Lipinski definition) is 1. The summed E-state index contributed by atoms with van der Waals surface area (Å²) in [7, 11) is 0. The van der Waals surface area contributed by atoms with E-state index in [1.165, 1.54) is 0 Å². The van der Waals surface area contributed by atoms with Gasteiger partial charge in [-0.25, -0.2) is 0 Å². The molecule has 0 bridgehead atoms. The van der Waals surface area contributed by atoms with E-state index < -0.39 is 0 Å². The molecule has 4 heteroatoms. The summed E-state index contributed by atoms with van der Waals surface area (Å²) in [6.45, 7) is 0. The van der Waals surface area contributed by atoms with Gasteiger partial charge in [-0.2, -0.15) is 0 Å². The monoisotopic (exact) mass is 285 g/mol. The highest BCUT2D eigenvalue weighted by Gasteiger charge is 1.96. The van der Waals surface area contributed by atoms with Crippen LogP contribution in [0.2, 0.25) is 0 Å². The van der Waals surface area contributed by atoms with Crippen molar-refractivity contribution in [3.8, 4) is 0 Å². The molecule has 0 fully saturated rings. The largest absolute Gasteiger partial charge is 0.398 e. The predicted molar refractivity (Wildman–Crippen MR) is 53.5 cm³/mol. The molecule has 0 amide bonds. The zero-order valence-corrected chi connectivity index (χ0v) is 8.96. The smallest absolute Gasteiger partial charge is 0.0546 e. The first-order chi connectivity index (χ1) is 4.22. The van der Waals surface area contributed by atoms with Gasteiger partial charge in [0.05, 0.1) is 4.47 Å². The molecule has 0 saturated carbocycles. The summed E-state index contributed by atoms with van der Waals surface area (Å²) in [5, 5.41) is 0. The van der Waals surface area contributed by atoms with Crippen molar-refractivity contribution in [2.45, 2.75) is 0 Å². The lowest BCUT2D eigenvalue weighted by molar-refractivity contribution is 1.58. The van der Waals surface area contributed by atoms with Crippen LogP contribution in [-0.4, -0.2) is 0 Å². The van der Waals surface area contributed by atoms with Gasteiger partial charge in [-0.1, -0.05) is 6.07 Å². The molecule has 0 aliphatic rings. The third-order valence-corrected chi connectivity index (χ3v) is 3.06. The molecule has 0 unspecified atom stereocenters. The van der Waals surface area contributed by atoms with Crippen molar-refractivity contribution in [1.82, 2.24) is 0 Å². The standard InChI is InChI=1S/C6H5Br2N.ClH/c7-4-2-1-3-5(9)6(4)8;/h1-3H,9H2;1H. The van der Waals surface area contributed by atoms with Crippen LogP contribution in [0.3, 0.4) is 0 Å². The Morgan fingerprint density at radius 2 is 1.80 bits per heavy atom. The first-order valence-electron chi connectivity index (χ1n) is 2.41. The number of hydrogen-bond donors (Lipinski definition) is 1. The fourth-order valence-corrected chi connectivity index (χ4v) is 1.17. The van der Waals surface area contributed by atoms with E-state index >= 15 is 0 Å². The van der Waals surface area contributed by atoms with Gasteiger partial charge in [0.25, 0.3) is 0 Å². The molecular weight excluding hydrogens is 281 g/mol. The third-order valence-electron chi connectivity index (χ3n) is 0.981. The molecule has 1 aromatic rings. The van der Waals surface area contributed by atoms with Gasteiger partial charge in [0.15, 0.2) is 0 Å². The van der Waals surface area contributed by atoms with Crippen molar-refractivity contribution in [2.24, 2.45) is 0 Å². The number of nitrogens with two attached hydrogens (primary N) is 1. The molecule has 0 aliphatic carbocycles. The second-order valence-corrected chi connectivity index (χ2v) is 3.29. The minimum absolute atomic E-state index is 0. The van der Waals surface area contributed by atoms with Crippen molar-refractivity contribution < 1.29 is 0 Å². The van der Waals surface area contributed by atoms with Crippen molar-refractivity contribution >= 4 is 50.0 Å². The van der Waals surface area contributed by atoms with Gasteiger partial charge in [0.2, 0.25) is 0 Å². The number of anilines is 1. The quantitative estimate of drug-likeness (QED) is 0.729. The van der Waals surface area contributed by atoms with Crippen LogP contribution in [0.1, 0.15) is 0 Å². The molecule has 1 aromatic carbocycles. The van der Waals surface area contributed by atoms with Crippen molar-refractivity contribution in [3.63, 3.8) is 0 Å². The van der Waals surface area contributed by atoms with Gasteiger partial charge in [-0.3, -0.25) is 0 Å². The maximum Gasteiger partial charge on any atom is 0.0546 e. The first-order valence-corrected chi connectivity index (χ1v) is 4.00. The lowest BCUT2D eigenvalue weighted by atomic mass is 10.3.